The van der Waals surface area contributed by atoms with Crippen molar-refractivity contribution in [1.82, 2.24) is 28.7 Å². The lowest BCUT2D eigenvalue weighted by Crippen LogP contribution is -2.08. The summed E-state index contributed by atoms with van der Waals surface area (Å²) in [6.45, 7) is 0. The van der Waals surface area contributed by atoms with Crippen molar-refractivity contribution in [2.45, 2.75) is 37.5 Å². The molecular weight excluding hydrogens is 352 g/mol. The Hall–Kier alpha value is -2.67. The van der Waals surface area contributed by atoms with Crippen molar-refractivity contribution >= 4 is 22.6 Å². The number of hydrogen-bond donors (Lipinski definition) is 1. The van der Waals surface area contributed by atoms with E-state index in [-0.39, 0.29) is 5.56 Å². The van der Waals surface area contributed by atoms with E-state index >= 15 is 0 Å². The molecule has 4 aromatic rings. The highest BCUT2D eigenvalue weighted by Gasteiger charge is 2.28. The number of aromatic nitrogens is 6. The molecule has 0 aliphatic heterocycles. The fraction of sp³-hybridized carbons (Fsp3) is 0.333. The van der Waals surface area contributed by atoms with Gasteiger partial charge in [0.05, 0.1) is 12.4 Å². The van der Waals surface area contributed by atoms with Crippen LogP contribution in [0.3, 0.4) is 0 Å². The Bertz CT molecular complexity index is 1150. The van der Waals surface area contributed by atoms with Crippen LogP contribution in [0, 0.1) is 0 Å². The van der Waals surface area contributed by atoms with Crippen molar-refractivity contribution in [3.8, 4) is 0 Å². The zero-order chi connectivity index (χ0) is 17.7. The largest absolute Gasteiger partial charge is 0.326 e. The molecule has 26 heavy (non-hydrogen) atoms. The van der Waals surface area contributed by atoms with Crippen molar-refractivity contribution < 1.29 is 0 Å². The van der Waals surface area contributed by atoms with Crippen LogP contribution in [0.5, 0.6) is 0 Å². The zero-order valence-corrected chi connectivity index (χ0v) is 14.7. The molecule has 1 N–H and O–H groups in total. The Balaban J connectivity index is 0.000000115. The lowest BCUT2D eigenvalue weighted by Gasteiger charge is -1.98. The molecule has 0 atom stereocenters. The van der Waals surface area contributed by atoms with Gasteiger partial charge in [-0.25, -0.2) is 15.0 Å². The molecule has 0 radical (unpaired) electrons. The van der Waals surface area contributed by atoms with E-state index in [2.05, 4.69) is 19.9 Å². The molecule has 132 valence electrons. The van der Waals surface area contributed by atoms with Crippen LogP contribution >= 0.6 is 11.6 Å². The number of halogens is 1. The maximum atomic E-state index is 11.3. The second kappa shape index (κ2) is 5.95. The van der Waals surface area contributed by atoms with E-state index in [0.29, 0.717) is 22.5 Å². The van der Waals surface area contributed by atoms with Gasteiger partial charge in [-0.15, -0.1) is 0 Å². The molecule has 0 unspecified atom stereocenters. The maximum absolute atomic E-state index is 11.3. The topological polar surface area (TPSA) is 80.4 Å². The molecule has 6 rings (SSSR count). The summed E-state index contributed by atoms with van der Waals surface area (Å²) >= 11 is 5.92. The molecule has 2 aliphatic carbocycles. The molecule has 7 nitrogen and oxygen atoms in total. The number of hydrogen-bond acceptors (Lipinski definition) is 4. The molecule has 2 fully saturated rings. The van der Waals surface area contributed by atoms with Crippen LogP contribution in [0.2, 0.25) is 5.15 Å². The minimum Gasteiger partial charge on any atom is -0.326 e. The average molecular weight is 369 g/mol. The lowest BCUT2D eigenvalue weighted by molar-refractivity contribution is 0.911. The molecule has 0 aromatic carbocycles. The van der Waals surface area contributed by atoms with Gasteiger partial charge in [-0.05, 0) is 25.7 Å². The van der Waals surface area contributed by atoms with Crippen molar-refractivity contribution in [2.75, 3.05) is 0 Å². The van der Waals surface area contributed by atoms with Crippen LogP contribution in [0.1, 0.15) is 49.2 Å². The molecule has 2 aliphatic rings. The van der Waals surface area contributed by atoms with E-state index in [1.165, 1.54) is 25.7 Å². The third kappa shape index (κ3) is 2.68. The van der Waals surface area contributed by atoms with Gasteiger partial charge in [0.2, 0.25) is 0 Å². The molecule has 0 spiro atoms. The first kappa shape index (κ1) is 15.6. The Labute approximate surface area is 153 Å². The molecule has 0 saturated heterocycles. The molecule has 2 saturated carbocycles. The van der Waals surface area contributed by atoms with Gasteiger partial charge in [-0.1, -0.05) is 11.6 Å². The predicted molar refractivity (Wildman–Crippen MR) is 97.8 cm³/mol. The predicted octanol–water partition coefficient (Wildman–Crippen LogP) is 3.16. The van der Waals surface area contributed by atoms with E-state index in [1.807, 2.05) is 21.2 Å². The van der Waals surface area contributed by atoms with Gasteiger partial charge < -0.3 is 4.98 Å². The number of rotatable bonds is 2. The second-order valence-electron chi connectivity index (χ2n) is 6.80. The van der Waals surface area contributed by atoms with Gasteiger partial charge in [-0.2, -0.15) is 0 Å². The summed E-state index contributed by atoms with van der Waals surface area (Å²) in [5.74, 6) is 3.37. The van der Waals surface area contributed by atoms with Crippen molar-refractivity contribution in [2.24, 2.45) is 0 Å². The fourth-order valence-corrected chi connectivity index (χ4v) is 3.36. The quantitative estimate of drug-likeness (QED) is 0.589. The third-order valence-corrected chi connectivity index (χ3v) is 5.11. The van der Waals surface area contributed by atoms with Crippen molar-refractivity contribution in [3.05, 3.63) is 64.3 Å². The number of fused-ring (bicyclic) bond motifs is 2. The molecule has 0 bridgehead atoms. The van der Waals surface area contributed by atoms with Crippen molar-refractivity contribution in [3.63, 3.8) is 0 Å². The molecule has 0 amide bonds. The van der Waals surface area contributed by atoms with Gasteiger partial charge in [0.25, 0.3) is 5.56 Å². The standard InChI is InChI=1S/C9H8ClN3.C9H9N3O/c10-8-7-5-12-9(6-1-2-6)13(7)4-3-11-8;13-9-7-5-11-8(6-1-2-6)12(7)4-3-10-9/h3-6H,1-2H2;3-6H,1-2H2,(H,10,13). The molecule has 8 heteroatoms. The number of imidazole rings is 2. The third-order valence-electron chi connectivity index (χ3n) is 4.82. The lowest BCUT2D eigenvalue weighted by atomic mass is 10.4. The van der Waals surface area contributed by atoms with E-state index in [1.54, 1.807) is 24.8 Å². The highest BCUT2D eigenvalue weighted by molar-refractivity contribution is 6.32. The van der Waals surface area contributed by atoms with Gasteiger partial charge >= 0.3 is 0 Å². The minimum atomic E-state index is -0.0677. The van der Waals surface area contributed by atoms with Gasteiger partial charge in [0.1, 0.15) is 22.7 Å². The number of nitrogens with zero attached hydrogens (tertiary/aromatic N) is 5. The summed E-state index contributed by atoms with van der Waals surface area (Å²) in [6.07, 6.45) is 15.5. The Kier molecular flexibility index (Phi) is 3.56. The number of aromatic amines is 1. The molecular formula is C18H17ClN6O. The van der Waals surface area contributed by atoms with E-state index < -0.39 is 0 Å². The van der Waals surface area contributed by atoms with Gasteiger partial charge in [-0.3, -0.25) is 13.6 Å². The SMILES string of the molecule is Clc1nccn2c(C3CC3)ncc12.O=c1[nH]ccn2c(C3CC3)ncc12. The smallest absolute Gasteiger partial charge is 0.273 e. The Morgan fingerprint density at radius 2 is 1.54 bits per heavy atom. The van der Waals surface area contributed by atoms with E-state index in [0.717, 1.165) is 17.2 Å². The Morgan fingerprint density at radius 1 is 0.923 bits per heavy atom. The first-order valence-electron chi connectivity index (χ1n) is 8.74. The summed E-state index contributed by atoms with van der Waals surface area (Å²) in [7, 11) is 0. The summed E-state index contributed by atoms with van der Waals surface area (Å²) in [5, 5.41) is 0.530. The molecule has 4 aromatic heterocycles. The van der Waals surface area contributed by atoms with Crippen LogP contribution in [-0.4, -0.2) is 28.7 Å². The maximum Gasteiger partial charge on any atom is 0.273 e. The van der Waals surface area contributed by atoms with Gasteiger partial charge in [0.15, 0.2) is 5.15 Å². The van der Waals surface area contributed by atoms with E-state index in [4.69, 9.17) is 11.6 Å². The van der Waals surface area contributed by atoms with Crippen LogP contribution in [0.15, 0.2) is 42.0 Å². The fourth-order valence-electron chi connectivity index (χ4n) is 3.16. The normalized spacial score (nSPS) is 16.7. The summed E-state index contributed by atoms with van der Waals surface area (Å²) in [6, 6.07) is 0. The zero-order valence-electron chi connectivity index (χ0n) is 14.0. The summed E-state index contributed by atoms with van der Waals surface area (Å²) in [5.41, 5.74) is 1.48. The van der Waals surface area contributed by atoms with Crippen LogP contribution in [-0.2, 0) is 0 Å². The number of nitrogens with one attached hydrogen (secondary N) is 1. The minimum absolute atomic E-state index is 0.0677. The summed E-state index contributed by atoms with van der Waals surface area (Å²) < 4.78 is 3.92. The summed E-state index contributed by atoms with van der Waals surface area (Å²) in [4.78, 5) is 26.6. The second-order valence-corrected chi connectivity index (χ2v) is 7.16. The van der Waals surface area contributed by atoms with Gasteiger partial charge in [0, 0.05) is 36.6 Å². The van der Waals surface area contributed by atoms with Crippen molar-refractivity contribution in [1.29, 1.82) is 0 Å². The Morgan fingerprint density at radius 3 is 2.19 bits per heavy atom. The average Bonchev–Trinajstić information content (AvgIpc) is 3.58. The van der Waals surface area contributed by atoms with Crippen LogP contribution in [0.4, 0.5) is 0 Å². The van der Waals surface area contributed by atoms with E-state index in [9.17, 15) is 4.79 Å². The monoisotopic (exact) mass is 368 g/mol. The highest BCUT2D eigenvalue weighted by atomic mass is 35.5. The number of H-pyrrole nitrogens is 1. The van der Waals surface area contributed by atoms with Crippen LogP contribution in [0.25, 0.3) is 11.0 Å². The molecule has 4 heterocycles. The van der Waals surface area contributed by atoms with Crippen LogP contribution < -0.4 is 5.56 Å². The first-order valence-corrected chi connectivity index (χ1v) is 9.12. The first-order chi connectivity index (χ1) is 12.7. The highest BCUT2D eigenvalue weighted by Crippen LogP contribution is 2.40.